The van der Waals surface area contributed by atoms with Gasteiger partial charge in [-0.2, -0.15) is 5.10 Å². The van der Waals surface area contributed by atoms with Crippen LogP contribution in [0, 0.1) is 0 Å². The van der Waals surface area contributed by atoms with Crippen LogP contribution in [0.5, 0.6) is 0 Å². The highest BCUT2D eigenvalue weighted by Crippen LogP contribution is 2.37. The van der Waals surface area contributed by atoms with Gasteiger partial charge < -0.3 is 9.64 Å². The van der Waals surface area contributed by atoms with Crippen LogP contribution in [0.3, 0.4) is 0 Å². The summed E-state index contributed by atoms with van der Waals surface area (Å²) in [7, 11) is 1.99. The summed E-state index contributed by atoms with van der Waals surface area (Å²) >= 11 is 0. The van der Waals surface area contributed by atoms with Crippen molar-refractivity contribution >= 4 is 0 Å². The molecule has 0 aliphatic carbocycles. The Morgan fingerprint density at radius 3 is 2.83 bits per heavy atom. The number of nitrogens with zero attached hydrogens (tertiary/aromatic N) is 4. The Kier molecular flexibility index (Phi) is 4.43. The number of aryl methyl sites for hydroxylation is 1. The molecule has 0 N–H and O–H groups in total. The van der Waals surface area contributed by atoms with E-state index in [2.05, 4.69) is 21.1 Å². The van der Waals surface area contributed by atoms with Gasteiger partial charge in [-0.05, 0) is 51.6 Å². The largest absolute Gasteiger partial charge is 0.369 e. The van der Waals surface area contributed by atoms with Gasteiger partial charge in [-0.25, -0.2) is 0 Å². The molecule has 0 aromatic carbocycles. The van der Waals surface area contributed by atoms with Crippen LogP contribution in [0.4, 0.5) is 0 Å². The van der Waals surface area contributed by atoms with Gasteiger partial charge in [-0.15, -0.1) is 0 Å². The standard InChI is InChI=1S/C18H30N4O/c1-20-12-16(11-19-20)13-22-10-7-18(15-22)6-4-5-17(23-18)14-21-8-2-3-9-21/h11-12,17H,2-10,13-15H2,1H3/t17-,18+/m1/s1. The van der Waals surface area contributed by atoms with Gasteiger partial charge in [0.25, 0.3) is 0 Å². The second kappa shape index (κ2) is 6.54. The van der Waals surface area contributed by atoms with Crippen molar-refractivity contribution in [2.24, 2.45) is 7.05 Å². The molecule has 3 aliphatic rings. The van der Waals surface area contributed by atoms with Crippen LogP contribution in [0.15, 0.2) is 12.4 Å². The summed E-state index contributed by atoms with van der Waals surface area (Å²) in [6.07, 6.45) is 12.3. The van der Waals surface area contributed by atoms with E-state index in [0.717, 1.165) is 26.2 Å². The molecule has 1 spiro atoms. The zero-order chi connectivity index (χ0) is 15.7. The quantitative estimate of drug-likeness (QED) is 0.850. The molecule has 5 heteroatoms. The average molecular weight is 318 g/mol. The number of hydrogen-bond acceptors (Lipinski definition) is 4. The molecule has 128 valence electrons. The van der Waals surface area contributed by atoms with Gasteiger partial charge in [0.15, 0.2) is 0 Å². The third-order valence-corrected chi connectivity index (χ3v) is 5.80. The van der Waals surface area contributed by atoms with E-state index < -0.39 is 0 Å². The van der Waals surface area contributed by atoms with Crippen LogP contribution in [0.25, 0.3) is 0 Å². The van der Waals surface area contributed by atoms with E-state index in [9.17, 15) is 0 Å². The Morgan fingerprint density at radius 1 is 1.17 bits per heavy atom. The molecule has 4 heterocycles. The minimum atomic E-state index is 0.130. The first kappa shape index (κ1) is 15.6. The summed E-state index contributed by atoms with van der Waals surface area (Å²) in [4.78, 5) is 5.15. The fourth-order valence-corrected chi connectivity index (χ4v) is 4.68. The smallest absolute Gasteiger partial charge is 0.0825 e. The lowest BCUT2D eigenvalue weighted by molar-refractivity contribution is -0.127. The predicted molar refractivity (Wildman–Crippen MR) is 90.2 cm³/mol. The Bertz CT molecular complexity index is 525. The molecular formula is C18H30N4O. The molecule has 4 rings (SSSR count). The fourth-order valence-electron chi connectivity index (χ4n) is 4.68. The molecule has 5 nitrogen and oxygen atoms in total. The normalized spacial score (nSPS) is 33.0. The lowest BCUT2D eigenvalue weighted by Gasteiger charge is -2.40. The Labute approximate surface area is 139 Å². The molecule has 0 bridgehead atoms. The summed E-state index contributed by atoms with van der Waals surface area (Å²) < 4.78 is 8.56. The molecule has 1 aromatic rings. The second-order valence-corrected chi connectivity index (χ2v) is 7.81. The van der Waals surface area contributed by atoms with Crippen LogP contribution < -0.4 is 0 Å². The van der Waals surface area contributed by atoms with E-state index in [-0.39, 0.29) is 5.60 Å². The number of hydrogen-bond donors (Lipinski definition) is 0. The molecule has 0 unspecified atom stereocenters. The zero-order valence-electron chi connectivity index (χ0n) is 14.4. The molecule has 0 saturated carbocycles. The number of likely N-dealkylation sites (tertiary alicyclic amines) is 2. The van der Waals surface area contributed by atoms with E-state index in [1.807, 2.05) is 17.9 Å². The topological polar surface area (TPSA) is 33.5 Å². The van der Waals surface area contributed by atoms with Crippen molar-refractivity contribution in [2.75, 3.05) is 32.7 Å². The lowest BCUT2D eigenvalue weighted by atomic mass is 9.90. The third-order valence-electron chi connectivity index (χ3n) is 5.80. The molecule has 0 amide bonds. The highest BCUT2D eigenvalue weighted by atomic mass is 16.5. The van der Waals surface area contributed by atoms with Gasteiger partial charge >= 0.3 is 0 Å². The molecule has 3 saturated heterocycles. The van der Waals surface area contributed by atoms with Crippen LogP contribution >= 0.6 is 0 Å². The van der Waals surface area contributed by atoms with Crippen LogP contribution in [0.1, 0.15) is 44.1 Å². The van der Waals surface area contributed by atoms with Gasteiger partial charge in [-0.1, -0.05) is 0 Å². The first-order chi connectivity index (χ1) is 11.2. The minimum Gasteiger partial charge on any atom is -0.369 e. The van der Waals surface area contributed by atoms with Crippen molar-refractivity contribution in [3.05, 3.63) is 18.0 Å². The Morgan fingerprint density at radius 2 is 2.04 bits per heavy atom. The maximum atomic E-state index is 6.67. The fraction of sp³-hybridized carbons (Fsp3) is 0.833. The van der Waals surface area contributed by atoms with Crippen LogP contribution in [-0.2, 0) is 18.3 Å². The second-order valence-electron chi connectivity index (χ2n) is 7.81. The zero-order valence-corrected chi connectivity index (χ0v) is 14.4. The highest BCUT2D eigenvalue weighted by molar-refractivity contribution is 5.05. The Hall–Kier alpha value is -0.910. The Balaban J connectivity index is 1.33. The van der Waals surface area contributed by atoms with E-state index in [0.29, 0.717) is 6.10 Å². The SMILES string of the molecule is Cn1cc(CN2CC[C@@]3(CCC[C@H](CN4CCCC4)O3)C2)cn1. The van der Waals surface area contributed by atoms with E-state index in [1.54, 1.807) is 0 Å². The molecular weight excluding hydrogens is 288 g/mol. The van der Waals surface area contributed by atoms with Gasteiger partial charge in [0, 0.05) is 45.0 Å². The minimum absolute atomic E-state index is 0.130. The number of ether oxygens (including phenoxy) is 1. The summed E-state index contributed by atoms with van der Waals surface area (Å²) in [6, 6.07) is 0. The summed E-state index contributed by atoms with van der Waals surface area (Å²) in [6.45, 7) is 6.98. The molecule has 23 heavy (non-hydrogen) atoms. The highest BCUT2D eigenvalue weighted by Gasteiger charge is 2.43. The number of aromatic nitrogens is 2. The van der Waals surface area contributed by atoms with Crippen molar-refractivity contribution in [3.63, 3.8) is 0 Å². The maximum absolute atomic E-state index is 6.67. The van der Waals surface area contributed by atoms with Crippen molar-refractivity contribution in [2.45, 2.75) is 56.8 Å². The third kappa shape index (κ3) is 3.62. The van der Waals surface area contributed by atoms with E-state index in [4.69, 9.17) is 4.74 Å². The molecule has 1 aromatic heterocycles. The van der Waals surface area contributed by atoms with Crippen LogP contribution in [-0.4, -0.2) is 64.0 Å². The van der Waals surface area contributed by atoms with Gasteiger partial charge in [0.2, 0.25) is 0 Å². The molecule has 2 atom stereocenters. The van der Waals surface area contributed by atoms with E-state index >= 15 is 0 Å². The van der Waals surface area contributed by atoms with Crippen molar-refractivity contribution in [3.8, 4) is 0 Å². The molecule has 3 aliphatic heterocycles. The number of rotatable bonds is 4. The average Bonchev–Trinajstić information content (AvgIpc) is 3.24. The molecule has 3 fully saturated rings. The summed E-state index contributed by atoms with van der Waals surface area (Å²) in [5, 5.41) is 4.29. The van der Waals surface area contributed by atoms with Crippen molar-refractivity contribution in [1.82, 2.24) is 19.6 Å². The first-order valence-corrected chi connectivity index (χ1v) is 9.31. The monoisotopic (exact) mass is 318 g/mol. The van der Waals surface area contributed by atoms with Gasteiger partial charge in [-0.3, -0.25) is 9.58 Å². The summed E-state index contributed by atoms with van der Waals surface area (Å²) in [5.41, 5.74) is 1.44. The lowest BCUT2D eigenvalue weighted by Crippen LogP contribution is -2.46. The summed E-state index contributed by atoms with van der Waals surface area (Å²) in [5.74, 6) is 0. The van der Waals surface area contributed by atoms with Crippen molar-refractivity contribution in [1.29, 1.82) is 0 Å². The van der Waals surface area contributed by atoms with Crippen LogP contribution in [0.2, 0.25) is 0 Å². The van der Waals surface area contributed by atoms with E-state index in [1.165, 1.54) is 57.2 Å². The van der Waals surface area contributed by atoms with Gasteiger partial charge in [0.05, 0.1) is 17.9 Å². The maximum Gasteiger partial charge on any atom is 0.0825 e. The first-order valence-electron chi connectivity index (χ1n) is 9.31. The molecule has 0 radical (unpaired) electrons. The van der Waals surface area contributed by atoms with Gasteiger partial charge in [0.1, 0.15) is 0 Å². The van der Waals surface area contributed by atoms with Crippen molar-refractivity contribution < 1.29 is 4.74 Å². The predicted octanol–water partition coefficient (Wildman–Crippen LogP) is 2.03.